The standard InChI is InChI=1S/C14H12.C12H10O/c1-3-7-13(8-4-1)11-12-14-9-5-2-6-10-14;1-3-7-11(8-4-1)13-12-9-5-2-6-10-12/h1-12H;1-10H. The summed E-state index contributed by atoms with van der Waals surface area (Å²) < 4.78 is 5.58. The Balaban J connectivity index is 0.000000156. The highest BCUT2D eigenvalue weighted by Crippen LogP contribution is 2.19. The summed E-state index contributed by atoms with van der Waals surface area (Å²) in [4.78, 5) is 0. The van der Waals surface area contributed by atoms with Gasteiger partial charge >= 0.3 is 0 Å². The highest BCUT2D eigenvalue weighted by molar-refractivity contribution is 5.69. The number of ether oxygens (including phenoxy) is 1. The van der Waals surface area contributed by atoms with Crippen LogP contribution in [0.1, 0.15) is 11.1 Å². The van der Waals surface area contributed by atoms with Crippen molar-refractivity contribution in [3.8, 4) is 11.5 Å². The van der Waals surface area contributed by atoms with E-state index in [1.54, 1.807) is 0 Å². The molecule has 0 aromatic heterocycles. The second-order valence-corrected chi connectivity index (χ2v) is 5.88. The smallest absolute Gasteiger partial charge is 0.127 e. The molecule has 1 nitrogen and oxygen atoms in total. The largest absolute Gasteiger partial charge is 0.457 e. The van der Waals surface area contributed by atoms with Crippen LogP contribution < -0.4 is 4.74 Å². The van der Waals surface area contributed by atoms with Crippen molar-refractivity contribution in [2.45, 2.75) is 0 Å². The minimum Gasteiger partial charge on any atom is -0.457 e. The lowest BCUT2D eigenvalue weighted by atomic mass is 10.1. The Morgan fingerprint density at radius 3 is 1.00 bits per heavy atom. The third-order valence-corrected chi connectivity index (χ3v) is 3.79. The molecule has 132 valence electrons. The zero-order valence-electron chi connectivity index (χ0n) is 15.1. The third kappa shape index (κ3) is 6.68. The molecule has 0 bridgehead atoms. The summed E-state index contributed by atoms with van der Waals surface area (Å²) in [5.41, 5.74) is 2.47. The van der Waals surface area contributed by atoms with Gasteiger partial charge in [0.15, 0.2) is 0 Å². The van der Waals surface area contributed by atoms with Gasteiger partial charge in [-0.25, -0.2) is 0 Å². The van der Waals surface area contributed by atoms with Gasteiger partial charge < -0.3 is 4.74 Å². The van der Waals surface area contributed by atoms with E-state index in [1.165, 1.54) is 11.1 Å². The molecule has 0 spiro atoms. The number of para-hydroxylation sites is 2. The van der Waals surface area contributed by atoms with Crippen molar-refractivity contribution in [3.63, 3.8) is 0 Å². The van der Waals surface area contributed by atoms with Gasteiger partial charge in [-0.3, -0.25) is 0 Å². The van der Waals surface area contributed by atoms with Crippen molar-refractivity contribution in [1.82, 2.24) is 0 Å². The predicted molar refractivity (Wildman–Crippen MR) is 115 cm³/mol. The Morgan fingerprint density at radius 1 is 0.370 bits per heavy atom. The van der Waals surface area contributed by atoms with Gasteiger partial charge in [-0.05, 0) is 35.4 Å². The molecule has 0 aliphatic carbocycles. The summed E-state index contributed by atoms with van der Waals surface area (Å²) in [5, 5.41) is 0. The van der Waals surface area contributed by atoms with E-state index in [4.69, 9.17) is 4.74 Å². The minimum absolute atomic E-state index is 0.869. The van der Waals surface area contributed by atoms with Crippen molar-refractivity contribution >= 4 is 12.2 Å². The molecule has 0 aliphatic rings. The molecule has 0 saturated heterocycles. The predicted octanol–water partition coefficient (Wildman–Crippen LogP) is 7.34. The Morgan fingerprint density at radius 2 is 0.667 bits per heavy atom. The minimum atomic E-state index is 0.869. The molecule has 27 heavy (non-hydrogen) atoms. The van der Waals surface area contributed by atoms with Crippen molar-refractivity contribution in [1.29, 1.82) is 0 Å². The van der Waals surface area contributed by atoms with E-state index in [9.17, 15) is 0 Å². The van der Waals surface area contributed by atoms with E-state index in [1.807, 2.05) is 97.1 Å². The van der Waals surface area contributed by atoms with Gasteiger partial charge in [0.05, 0.1) is 0 Å². The molecular weight excluding hydrogens is 328 g/mol. The Hall–Kier alpha value is -3.58. The number of hydrogen-bond donors (Lipinski definition) is 0. The van der Waals surface area contributed by atoms with Crippen molar-refractivity contribution in [3.05, 3.63) is 132 Å². The van der Waals surface area contributed by atoms with Gasteiger partial charge in [-0.2, -0.15) is 0 Å². The van der Waals surface area contributed by atoms with Crippen molar-refractivity contribution < 1.29 is 4.74 Å². The molecule has 4 aromatic carbocycles. The summed E-state index contributed by atoms with van der Waals surface area (Å²) in [6.45, 7) is 0. The monoisotopic (exact) mass is 350 g/mol. The Labute approximate surface area is 161 Å². The first-order valence-electron chi connectivity index (χ1n) is 8.96. The first-order chi connectivity index (χ1) is 13.4. The van der Waals surface area contributed by atoms with Gasteiger partial charge in [0.2, 0.25) is 0 Å². The average Bonchev–Trinajstić information content (AvgIpc) is 2.76. The maximum atomic E-state index is 5.58. The fourth-order valence-electron chi connectivity index (χ4n) is 2.43. The molecule has 0 N–H and O–H groups in total. The fourth-order valence-corrected chi connectivity index (χ4v) is 2.43. The van der Waals surface area contributed by atoms with Crippen molar-refractivity contribution in [2.75, 3.05) is 0 Å². The summed E-state index contributed by atoms with van der Waals surface area (Å²) in [7, 11) is 0. The van der Waals surface area contributed by atoms with E-state index in [0.717, 1.165) is 11.5 Å². The van der Waals surface area contributed by atoms with Gasteiger partial charge in [0.25, 0.3) is 0 Å². The van der Waals surface area contributed by atoms with Crippen LogP contribution in [-0.2, 0) is 0 Å². The van der Waals surface area contributed by atoms with Gasteiger partial charge in [0, 0.05) is 0 Å². The summed E-state index contributed by atoms with van der Waals surface area (Å²) in [5.74, 6) is 1.74. The first-order valence-corrected chi connectivity index (χ1v) is 8.96. The normalized spacial score (nSPS) is 10.1. The van der Waals surface area contributed by atoms with Gasteiger partial charge in [0.1, 0.15) is 11.5 Å². The SMILES string of the molecule is C(=Cc1ccccc1)c1ccccc1.c1ccc(Oc2ccccc2)cc1. The average molecular weight is 350 g/mol. The lowest BCUT2D eigenvalue weighted by Gasteiger charge is -2.03. The first kappa shape index (κ1) is 18.2. The zero-order valence-corrected chi connectivity index (χ0v) is 15.1. The zero-order chi connectivity index (χ0) is 18.6. The van der Waals surface area contributed by atoms with E-state index in [2.05, 4.69) is 36.4 Å². The van der Waals surface area contributed by atoms with Crippen LogP contribution in [0.15, 0.2) is 121 Å². The molecule has 1 heteroatoms. The molecule has 0 amide bonds. The topological polar surface area (TPSA) is 9.23 Å². The summed E-state index contributed by atoms with van der Waals surface area (Å²) in [6, 6.07) is 40.1. The van der Waals surface area contributed by atoms with Crippen LogP contribution in [0.2, 0.25) is 0 Å². The highest BCUT2D eigenvalue weighted by Gasteiger charge is 1.92. The quantitative estimate of drug-likeness (QED) is 0.350. The molecular formula is C26H22O. The highest BCUT2D eigenvalue weighted by atomic mass is 16.5. The maximum absolute atomic E-state index is 5.58. The fraction of sp³-hybridized carbons (Fsp3) is 0. The third-order valence-electron chi connectivity index (χ3n) is 3.79. The summed E-state index contributed by atoms with van der Waals surface area (Å²) >= 11 is 0. The molecule has 0 heterocycles. The number of hydrogen-bond acceptors (Lipinski definition) is 1. The van der Waals surface area contributed by atoms with Crippen LogP contribution in [0.4, 0.5) is 0 Å². The maximum Gasteiger partial charge on any atom is 0.127 e. The summed E-state index contributed by atoms with van der Waals surface area (Å²) in [6.07, 6.45) is 4.24. The van der Waals surface area contributed by atoms with Crippen LogP contribution in [0.25, 0.3) is 12.2 Å². The molecule has 0 atom stereocenters. The van der Waals surface area contributed by atoms with Gasteiger partial charge in [-0.1, -0.05) is 109 Å². The van der Waals surface area contributed by atoms with Crippen molar-refractivity contribution in [2.24, 2.45) is 0 Å². The second-order valence-electron chi connectivity index (χ2n) is 5.88. The molecule has 0 radical (unpaired) electrons. The van der Waals surface area contributed by atoms with Crippen LogP contribution in [0, 0.1) is 0 Å². The Bertz CT molecular complexity index is 836. The molecule has 0 fully saturated rings. The van der Waals surface area contributed by atoms with Crippen LogP contribution >= 0.6 is 0 Å². The molecule has 0 saturated carbocycles. The van der Waals surface area contributed by atoms with E-state index >= 15 is 0 Å². The van der Waals surface area contributed by atoms with Crippen LogP contribution in [0.3, 0.4) is 0 Å². The van der Waals surface area contributed by atoms with Crippen LogP contribution in [-0.4, -0.2) is 0 Å². The van der Waals surface area contributed by atoms with Gasteiger partial charge in [-0.15, -0.1) is 0 Å². The lowest BCUT2D eigenvalue weighted by Crippen LogP contribution is -1.81. The number of rotatable bonds is 4. The second kappa shape index (κ2) is 10.4. The lowest BCUT2D eigenvalue weighted by molar-refractivity contribution is 0.482. The number of benzene rings is 4. The van der Waals surface area contributed by atoms with Crippen LogP contribution in [0.5, 0.6) is 11.5 Å². The molecule has 4 rings (SSSR count). The molecule has 4 aromatic rings. The molecule has 0 unspecified atom stereocenters. The van der Waals surface area contributed by atoms with E-state index < -0.39 is 0 Å². The Kier molecular flexibility index (Phi) is 7.03. The molecule has 0 aliphatic heterocycles. The van der Waals surface area contributed by atoms with E-state index in [-0.39, 0.29) is 0 Å². The van der Waals surface area contributed by atoms with E-state index in [0.29, 0.717) is 0 Å².